The number of nitrogens with one attached hydrogen (secondary N) is 1. The third-order valence-electron chi connectivity index (χ3n) is 7.20. The summed E-state index contributed by atoms with van der Waals surface area (Å²) >= 11 is 0. The minimum Gasteiger partial charge on any atom is -0.354 e. The van der Waals surface area contributed by atoms with Crippen LogP contribution in [-0.2, 0) is 11.2 Å². The molecule has 0 aliphatic carbocycles. The zero-order valence-electron chi connectivity index (χ0n) is 22.1. The Bertz CT molecular complexity index is 1360. The van der Waals surface area contributed by atoms with Gasteiger partial charge in [0.05, 0.1) is 11.4 Å². The van der Waals surface area contributed by atoms with Crippen LogP contribution < -0.4 is 16.0 Å². The molecule has 8 nitrogen and oxygen atoms in total. The molecule has 8 heteroatoms. The average molecular weight is 528 g/mol. The van der Waals surface area contributed by atoms with Crippen molar-refractivity contribution in [1.29, 1.82) is 0 Å². The molecule has 39 heavy (non-hydrogen) atoms. The Morgan fingerprint density at radius 3 is 2.49 bits per heavy atom. The topological polar surface area (TPSA) is 91.8 Å². The highest BCUT2D eigenvalue weighted by Crippen LogP contribution is 2.33. The molecule has 0 saturated carbocycles. The maximum absolute atomic E-state index is 10.6. The number of hydrogen-bond acceptors (Lipinski definition) is 7. The molecular weight excluding hydrogens is 486 g/mol. The molecule has 1 aliphatic heterocycles. The summed E-state index contributed by atoms with van der Waals surface area (Å²) in [7, 11) is 0. The predicted molar refractivity (Wildman–Crippen MR) is 160 cm³/mol. The van der Waals surface area contributed by atoms with Gasteiger partial charge >= 0.3 is 0 Å². The van der Waals surface area contributed by atoms with Gasteiger partial charge in [0.2, 0.25) is 0 Å². The Labute approximate surface area is 231 Å². The van der Waals surface area contributed by atoms with Crippen molar-refractivity contribution in [3.63, 3.8) is 0 Å². The van der Waals surface area contributed by atoms with E-state index in [1.165, 1.54) is 5.56 Å². The fraction of sp³-hybridized carbons (Fsp3) is 0.387. The number of aldehydes is 1. The van der Waals surface area contributed by atoms with Crippen LogP contribution in [0.5, 0.6) is 0 Å². The van der Waals surface area contributed by atoms with Crippen LogP contribution in [-0.4, -0.2) is 78.1 Å². The first-order chi connectivity index (χ1) is 18.7. The van der Waals surface area contributed by atoms with Crippen molar-refractivity contribution in [1.82, 2.24) is 24.8 Å². The monoisotopic (exact) mass is 527 g/mol. The van der Waals surface area contributed by atoms with E-state index in [1.54, 1.807) is 0 Å². The maximum atomic E-state index is 10.6. The second kappa shape index (κ2) is 13.5. The number of carbonyl (C=O) groups excluding carboxylic acids is 1. The lowest BCUT2D eigenvalue weighted by molar-refractivity contribution is -0.107. The van der Waals surface area contributed by atoms with Gasteiger partial charge in [-0.2, -0.15) is 9.61 Å². The minimum atomic E-state index is 0. The van der Waals surface area contributed by atoms with Crippen LogP contribution in [0.25, 0.3) is 28.0 Å². The summed E-state index contributed by atoms with van der Waals surface area (Å²) in [5.41, 5.74) is 13.1. The fourth-order valence-corrected chi connectivity index (χ4v) is 5.21. The van der Waals surface area contributed by atoms with E-state index in [1.807, 2.05) is 10.6 Å². The third kappa shape index (κ3) is 6.53. The second-order valence-electron chi connectivity index (χ2n) is 9.83. The molecule has 0 atom stereocenters. The number of nitrogens with zero attached hydrogens (tertiary/aromatic N) is 5. The van der Waals surface area contributed by atoms with Crippen molar-refractivity contribution in [2.24, 2.45) is 5.73 Å². The molecule has 0 spiro atoms. The first-order valence-electron chi connectivity index (χ1n) is 13.5. The van der Waals surface area contributed by atoms with Crippen LogP contribution in [0, 0.1) is 6.92 Å². The van der Waals surface area contributed by atoms with Gasteiger partial charge in [-0.3, -0.25) is 4.90 Å². The molecule has 2 aromatic carbocycles. The molecule has 0 unspecified atom stereocenters. The number of anilines is 1. The van der Waals surface area contributed by atoms with Crippen LogP contribution in [0.15, 0.2) is 60.7 Å². The van der Waals surface area contributed by atoms with E-state index in [0.29, 0.717) is 19.5 Å². The molecule has 0 bridgehead atoms. The van der Waals surface area contributed by atoms with E-state index in [-0.39, 0.29) is 7.43 Å². The fourth-order valence-electron chi connectivity index (χ4n) is 5.21. The number of rotatable bonds is 11. The van der Waals surface area contributed by atoms with Gasteiger partial charge < -0.3 is 20.7 Å². The molecule has 5 rings (SSSR count). The number of aromatic nitrogens is 3. The predicted octanol–water partition coefficient (Wildman–Crippen LogP) is 3.81. The van der Waals surface area contributed by atoms with Crippen molar-refractivity contribution >= 4 is 17.8 Å². The van der Waals surface area contributed by atoms with Crippen molar-refractivity contribution in [2.75, 3.05) is 57.3 Å². The zero-order chi connectivity index (χ0) is 26.3. The number of carbonyl (C=O) groups is 1. The third-order valence-corrected chi connectivity index (χ3v) is 7.20. The first-order valence-corrected chi connectivity index (χ1v) is 13.5. The highest BCUT2D eigenvalue weighted by atomic mass is 16.1. The summed E-state index contributed by atoms with van der Waals surface area (Å²) in [5, 5.41) is 8.35. The summed E-state index contributed by atoms with van der Waals surface area (Å²) < 4.78 is 2.03. The van der Waals surface area contributed by atoms with Gasteiger partial charge in [-0.05, 0) is 31.0 Å². The van der Waals surface area contributed by atoms with E-state index >= 15 is 0 Å². The van der Waals surface area contributed by atoms with E-state index < -0.39 is 0 Å². The normalized spacial score (nSPS) is 13.9. The van der Waals surface area contributed by atoms with E-state index in [0.717, 1.165) is 91.5 Å². The average Bonchev–Trinajstić information content (AvgIpc) is 3.29. The van der Waals surface area contributed by atoms with Gasteiger partial charge in [-0.15, -0.1) is 0 Å². The first kappa shape index (κ1) is 28.4. The molecular formula is C31H41N7O. The molecule has 2 aromatic heterocycles. The molecule has 206 valence electrons. The number of benzene rings is 2. The van der Waals surface area contributed by atoms with Crippen molar-refractivity contribution in [3.05, 3.63) is 71.9 Å². The molecule has 0 radical (unpaired) electrons. The standard InChI is InChI=1S/C30H37N7O.CH4/c1-23-29(26-10-5-7-24(21-26)11-14-32-13-6-20-38)30-33-27(25-8-3-2-4-9-25)22-28(37(30)34-23)36-18-16-35(15-12-31)17-19-36;/h2-5,7-10,20-22,32H,6,11-19,31H2,1H3;1H4. The van der Waals surface area contributed by atoms with Crippen LogP contribution in [0.4, 0.5) is 5.82 Å². The molecule has 1 saturated heterocycles. The smallest absolute Gasteiger partial charge is 0.166 e. The maximum Gasteiger partial charge on any atom is 0.166 e. The van der Waals surface area contributed by atoms with Crippen LogP contribution >= 0.6 is 0 Å². The minimum absolute atomic E-state index is 0. The molecule has 3 N–H and O–H groups in total. The number of piperazine rings is 1. The van der Waals surface area contributed by atoms with Crippen molar-refractivity contribution in [2.45, 2.75) is 27.2 Å². The summed E-state index contributed by atoms with van der Waals surface area (Å²) in [6.45, 7) is 9.06. The van der Waals surface area contributed by atoms with E-state index in [2.05, 4.69) is 76.6 Å². The van der Waals surface area contributed by atoms with Gasteiger partial charge in [0.15, 0.2) is 5.65 Å². The van der Waals surface area contributed by atoms with Gasteiger partial charge in [0.1, 0.15) is 12.1 Å². The highest BCUT2D eigenvalue weighted by Gasteiger charge is 2.23. The van der Waals surface area contributed by atoms with E-state index in [4.69, 9.17) is 15.8 Å². The number of hydrogen-bond donors (Lipinski definition) is 2. The van der Waals surface area contributed by atoms with Crippen LogP contribution in [0.2, 0.25) is 0 Å². The highest BCUT2D eigenvalue weighted by molar-refractivity contribution is 5.83. The Hall–Kier alpha value is -3.59. The quantitative estimate of drug-likeness (QED) is 0.226. The molecule has 3 heterocycles. The van der Waals surface area contributed by atoms with Gasteiger partial charge in [-0.25, -0.2) is 4.98 Å². The van der Waals surface area contributed by atoms with Gasteiger partial charge in [0.25, 0.3) is 0 Å². The van der Waals surface area contributed by atoms with Crippen LogP contribution in [0.1, 0.15) is 25.1 Å². The Kier molecular flexibility index (Phi) is 9.81. The van der Waals surface area contributed by atoms with Gasteiger partial charge in [-0.1, -0.05) is 62.0 Å². The molecule has 4 aromatic rings. The largest absolute Gasteiger partial charge is 0.354 e. The van der Waals surface area contributed by atoms with Crippen LogP contribution in [0.3, 0.4) is 0 Å². The Morgan fingerprint density at radius 2 is 1.74 bits per heavy atom. The molecule has 0 amide bonds. The van der Waals surface area contributed by atoms with E-state index in [9.17, 15) is 4.79 Å². The number of fused-ring (bicyclic) bond motifs is 1. The second-order valence-corrected chi connectivity index (χ2v) is 9.83. The summed E-state index contributed by atoms with van der Waals surface area (Å²) in [5.74, 6) is 1.08. The molecule has 1 fully saturated rings. The molecule has 1 aliphatic rings. The van der Waals surface area contributed by atoms with Crippen molar-refractivity contribution in [3.8, 4) is 22.4 Å². The van der Waals surface area contributed by atoms with Gasteiger partial charge in [0, 0.05) is 69.4 Å². The Morgan fingerprint density at radius 1 is 0.974 bits per heavy atom. The summed E-state index contributed by atoms with van der Waals surface area (Å²) in [4.78, 5) is 20.6. The lowest BCUT2D eigenvalue weighted by Gasteiger charge is -2.35. The van der Waals surface area contributed by atoms with Crippen molar-refractivity contribution < 1.29 is 4.79 Å². The Balaban J connectivity index is 0.00000353. The zero-order valence-corrected chi connectivity index (χ0v) is 22.1. The lowest BCUT2D eigenvalue weighted by Crippen LogP contribution is -2.48. The SMILES string of the molecule is C.Cc1nn2c(N3CCN(CCN)CC3)cc(-c3ccccc3)nc2c1-c1cccc(CCNCCC=O)c1. The number of aryl methyl sites for hydroxylation is 1. The number of nitrogens with two attached hydrogens (primary N) is 1. The summed E-state index contributed by atoms with van der Waals surface area (Å²) in [6, 6.07) is 21.2. The lowest BCUT2D eigenvalue weighted by atomic mass is 10.0. The summed E-state index contributed by atoms with van der Waals surface area (Å²) in [6.07, 6.45) is 2.39.